The summed E-state index contributed by atoms with van der Waals surface area (Å²) in [5, 5.41) is 6.82. The van der Waals surface area contributed by atoms with Gasteiger partial charge in [0, 0.05) is 26.2 Å². The van der Waals surface area contributed by atoms with Crippen molar-refractivity contribution in [3.05, 3.63) is 30.1 Å². The second-order valence-corrected chi connectivity index (χ2v) is 5.76. The number of nitrogens with zero attached hydrogens (tertiary/aromatic N) is 3. The van der Waals surface area contributed by atoms with Gasteiger partial charge in [0.15, 0.2) is 5.96 Å². The molecular formula is C16H24IN5. The fourth-order valence-electron chi connectivity index (χ4n) is 2.66. The van der Waals surface area contributed by atoms with Gasteiger partial charge in [0.25, 0.3) is 0 Å². The Bertz CT molecular complexity index is 664. The lowest BCUT2D eigenvalue weighted by atomic mass is 10.3. The first-order valence-corrected chi connectivity index (χ1v) is 7.58. The first-order valence-electron chi connectivity index (χ1n) is 7.58. The number of benzene rings is 1. The number of nitrogens with one attached hydrogen (secondary N) is 2. The third kappa shape index (κ3) is 3.71. The average Bonchev–Trinajstić information content (AvgIpc) is 3.08. The molecule has 1 fully saturated rings. The van der Waals surface area contributed by atoms with Crippen molar-refractivity contribution in [1.29, 1.82) is 0 Å². The van der Waals surface area contributed by atoms with Crippen molar-refractivity contribution in [3.63, 3.8) is 0 Å². The quantitative estimate of drug-likeness (QED) is 0.460. The van der Waals surface area contributed by atoms with Crippen LogP contribution in [0.3, 0.4) is 0 Å². The number of aryl methyl sites for hydroxylation is 1. The van der Waals surface area contributed by atoms with Crippen LogP contribution in [0.25, 0.3) is 11.0 Å². The number of rotatable bonds is 4. The molecule has 2 aromatic rings. The smallest absolute Gasteiger partial charge is 0.191 e. The van der Waals surface area contributed by atoms with E-state index in [9.17, 15) is 0 Å². The third-order valence-electron chi connectivity index (χ3n) is 4.13. The monoisotopic (exact) mass is 413 g/mol. The van der Waals surface area contributed by atoms with E-state index < -0.39 is 0 Å². The molecule has 1 heterocycles. The van der Waals surface area contributed by atoms with Gasteiger partial charge in [0.2, 0.25) is 0 Å². The van der Waals surface area contributed by atoms with Crippen molar-refractivity contribution in [2.24, 2.45) is 10.9 Å². The first kappa shape index (κ1) is 17.1. The molecule has 5 nitrogen and oxygen atoms in total. The molecule has 1 saturated carbocycles. The van der Waals surface area contributed by atoms with Crippen LogP contribution in [0, 0.1) is 12.8 Å². The van der Waals surface area contributed by atoms with Crippen molar-refractivity contribution in [1.82, 2.24) is 20.2 Å². The Labute approximate surface area is 148 Å². The predicted molar refractivity (Wildman–Crippen MR) is 102 cm³/mol. The summed E-state index contributed by atoms with van der Waals surface area (Å²) >= 11 is 0. The Morgan fingerprint density at radius 1 is 1.41 bits per heavy atom. The molecule has 0 aliphatic heterocycles. The summed E-state index contributed by atoms with van der Waals surface area (Å²) in [7, 11) is 1.82. The Balaban J connectivity index is 0.00000176. The van der Waals surface area contributed by atoms with Gasteiger partial charge in [-0.15, -0.1) is 24.0 Å². The number of hydrogen-bond donors (Lipinski definition) is 2. The van der Waals surface area contributed by atoms with Gasteiger partial charge in [-0.2, -0.15) is 0 Å². The van der Waals surface area contributed by atoms with E-state index in [0.29, 0.717) is 6.04 Å². The standard InChI is InChI=1S/C16H23N5.HI/c1-11-10-14(11)20-16(17-3)18-8-9-21-12(2)19-13-6-4-5-7-15(13)21;/h4-7,11,14H,8-10H2,1-3H3,(H2,17,18,20);1H. The second kappa shape index (κ2) is 7.30. The molecule has 2 atom stereocenters. The van der Waals surface area contributed by atoms with Crippen molar-refractivity contribution in [2.45, 2.75) is 32.9 Å². The summed E-state index contributed by atoms with van der Waals surface area (Å²) < 4.78 is 2.25. The average molecular weight is 413 g/mol. The fraction of sp³-hybridized carbons (Fsp3) is 0.500. The number of imidazole rings is 1. The Morgan fingerprint density at radius 2 is 2.14 bits per heavy atom. The lowest BCUT2D eigenvalue weighted by molar-refractivity contribution is 0.656. The van der Waals surface area contributed by atoms with E-state index in [4.69, 9.17) is 0 Å². The van der Waals surface area contributed by atoms with Crippen molar-refractivity contribution in [2.75, 3.05) is 13.6 Å². The van der Waals surface area contributed by atoms with E-state index in [-0.39, 0.29) is 24.0 Å². The number of hydrogen-bond acceptors (Lipinski definition) is 2. The van der Waals surface area contributed by atoms with E-state index in [1.807, 2.05) is 13.1 Å². The normalized spacial score (nSPS) is 20.6. The van der Waals surface area contributed by atoms with Crippen LogP contribution >= 0.6 is 24.0 Å². The highest BCUT2D eigenvalue weighted by Crippen LogP contribution is 2.28. The van der Waals surface area contributed by atoms with Crippen LogP contribution in [0.15, 0.2) is 29.3 Å². The summed E-state index contributed by atoms with van der Waals surface area (Å²) in [6.45, 7) is 6.03. The minimum atomic E-state index is 0. The van der Waals surface area contributed by atoms with Crippen LogP contribution in [0.1, 0.15) is 19.2 Å². The van der Waals surface area contributed by atoms with Gasteiger partial charge in [-0.3, -0.25) is 4.99 Å². The number of halogens is 1. The van der Waals surface area contributed by atoms with Gasteiger partial charge in [-0.05, 0) is 31.4 Å². The Morgan fingerprint density at radius 3 is 2.82 bits per heavy atom. The van der Waals surface area contributed by atoms with Crippen molar-refractivity contribution >= 4 is 41.0 Å². The highest BCUT2D eigenvalue weighted by molar-refractivity contribution is 14.0. The topological polar surface area (TPSA) is 54.2 Å². The molecule has 0 bridgehead atoms. The zero-order valence-corrected chi connectivity index (χ0v) is 15.7. The predicted octanol–water partition coefficient (Wildman–Crippen LogP) is 2.54. The number of fused-ring (bicyclic) bond motifs is 1. The zero-order valence-electron chi connectivity index (χ0n) is 13.3. The van der Waals surface area contributed by atoms with Gasteiger partial charge in [0.1, 0.15) is 5.82 Å². The minimum absolute atomic E-state index is 0. The third-order valence-corrected chi connectivity index (χ3v) is 4.13. The van der Waals surface area contributed by atoms with Gasteiger partial charge >= 0.3 is 0 Å². The molecule has 2 unspecified atom stereocenters. The van der Waals surface area contributed by atoms with Crippen LogP contribution < -0.4 is 10.6 Å². The molecule has 3 rings (SSSR count). The molecule has 0 saturated heterocycles. The Kier molecular flexibility index (Phi) is 5.66. The van der Waals surface area contributed by atoms with E-state index in [2.05, 4.69) is 57.2 Å². The molecule has 1 aromatic heterocycles. The van der Waals surface area contributed by atoms with Crippen molar-refractivity contribution in [3.8, 4) is 0 Å². The van der Waals surface area contributed by atoms with E-state index in [0.717, 1.165) is 36.3 Å². The van der Waals surface area contributed by atoms with Crippen LogP contribution in [0.5, 0.6) is 0 Å². The summed E-state index contributed by atoms with van der Waals surface area (Å²) in [5.41, 5.74) is 2.25. The van der Waals surface area contributed by atoms with Gasteiger partial charge in [0.05, 0.1) is 11.0 Å². The number of guanidine groups is 1. The number of aliphatic imine (C=N–C) groups is 1. The van der Waals surface area contributed by atoms with Crippen molar-refractivity contribution < 1.29 is 0 Å². The van der Waals surface area contributed by atoms with Gasteiger partial charge in [-0.1, -0.05) is 19.1 Å². The van der Waals surface area contributed by atoms with E-state index in [1.54, 1.807) is 0 Å². The zero-order chi connectivity index (χ0) is 14.8. The molecule has 22 heavy (non-hydrogen) atoms. The molecule has 120 valence electrons. The molecule has 1 aromatic carbocycles. The molecule has 1 aliphatic carbocycles. The highest BCUT2D eigenvalue weighted by atomic mass is 127. The molecule has 6 heteroatoms. The van der Waals surface area contributed by atoms with Crippen LogP contribution in [-0.2, 0) is 6.54 Å². The maximum absolute atomic E-state index is 4.59. The summed E-state index contributed by atoms with van der Waals surface area (Å²) in [4.78, 5) is 8.86. The Hall–Kier alpha value is -1.31. The lowest BCUT2D eigenvalue weighted by Crippen LogP contribution is -2.40. The number of para-hydroxylation sites is 2. The highest BCUT2D eigenvalue weighted by Gasteiger charge is 2.33. The van der Waals surface area contributed by atoms with Crippen LogP contribution in [0.2, 0.25) is 0 Å². The fourth-order valence-corrected chi connectivity index (χ4v) is 2.66. The molecule has 2 N–H and O–H groups in total. The van der Waals surface area contributed by atoms with E-state index in [1.165, 1.54) is 11.9 Å². The molecule has 0 spiro atoms. The molecule has 0 radical (unpaired) electrons. The summed E-state index contributed by atoms with van der Waals surface area (Å²) in [6.07, 6.45) is 1.24. The van der Waals surface area contributed by atoms with Crippen LogP contribution in [-0.4, -0.2) is 35.1 Å². The summed E-state index contributed by atoms with van der Waals surface area (Å²) in [5.74, 6) is 2.71. The van der Waals surface area contributed by atoms with Crippen LogP contribution in [0.4, 0.5) is 0 Å². The molecular weight excluding hydrogens is 389 g/mol. The minimum Gasteiger partial charge on any atom is -0.355 e. The molecule has 0 amide bonds. The largest absolute Gasteiger partial charge is 0.355 e. The SMILES string of the molecule is CN=C(NCCn1c(C)nc2ccccc21)NC1CC1C.I. The molecule has 1 aliphatic rings. The maximum atomic E-state index is 4.59. The van der Waals surface area contributed by atoms with E-state index >= 15 is 0 Å². The number of aromatic nitrogens is 2. The first-order chi connectivity index (χ1) is 10.2. The second-order valence-electron chi connectivity index (χ2n) is 5.76. The van der Waals surface area contributed by atoms with Gasteiger partial charge < -0.3 is 15.2 Å². The van der Waals surface area contributed by atoms with Gasteiger partial charge in [-0.25, -0.2) is 4.98 Å². The maximum Gasteiger partial charge on any atom is 0.191 e. The lowest BCUT2D eigenvalue weighted by Gasteiger charge is -2.13. The summed E-state index contributed by atoms with van der Waals surface area (Å²) in [6, 6.07) is 8.85.